The molecule has 1 aliphatic heterocycles. The Labute approximate surface area is 150 Å². The maximum Gasteiger partial charge on any atom is 0.261 e. The second-order valence-corrected chi connectivity index (χ2v) is 6.55. The smallest absolute Gasteiger partial charge is 0.261 e. The first-order valence-electron chi connectivity index (χ1n) is 8.05. The van der Waals surface area contributed by atoms with Crippen LogP contribution < -0.4 is 0 Å². The van der Waals surface area contributed by atoms with Gasteiger partial charge in [-0.2, -0.15) is 0 Å². The molecule has 4 rings (SSSR count). The Hall–Kier alpha value is -2.72. The van der Waals surface area contributed by atoms with Gasteiger partial charge in [-0.3, -0.25) is 14.5 Å². The topological polar surface area (TPSA) is 50.3 Å². The van der Waals surface area contributed by atoms with Crippen LogP contribution in [0.1, 0.15) is 31.8 Å². The lowest BCUT2D eigenvalue weighted by atomic mass is 10.1. The van der Waals surface area contributed by atoms with E-state index in [1.54, 1.807) is 24.3 Å². The van der Waals surface area contributed by atoms with E-state index < -0.39 is 0 Å². The maximum atomic E-state index is 12.4. The Morgan fingerprint density at radius 1 is 1.00 bits per heavy atom. The normalized spacial score (nSPS) is 13.6. The number of nitrogens with zero attached hydrogens (tertiary/aromatic N) is 2. The third kappa shape index (κ3) is 2.68. The molecule has 0 N–H and O–H groups in total. The monoisotopic (exact) mass is 350 g/mol. The van der Waals surface area contributed by atoms with Gasteiger partial charge < -0.3 is 0 Å². The van der Waals surface area contributed by atoms with Gasteiger partial charge in [0, 0.05) is 11.9 Å². The van der Waals surface area contributed by atoms with Gasteiger partial charge in [0.05, 0.1) is 16.6 Å². The van der Waals surface area contributed by atoms with Crippen LogP contribution in [0.3, 0.4) is 0 Å². The third-order valence-electron chi connectivity index (χ3n) is 4.48. The Balaban J connectivity index is 1.59. The summed E-state index contributed by atoms with van der Waals surface area (Å²) >= 11 is 6.30. The summed E-state index contributed by atoms with van der Waals surface area (Å²) in [4.78, 5) is 30.6. The predicted molar refractivity (Wildman–Crippen MR) is 97.0 cm³/mol. The number of carbonyl (C=O) groups is 2. The van der Waals surface area contributed by atoms with Gasteiger partial charge in [-0.1, -0.05) is 35.9 Å². The van der Waals surface area contributed by atoms with Crippen molar-refractivity contribution in [2.75, 3.05) is 6.54 Å². The summed E-state index contributed by atoms with van der Waals surface area (Å²) in [6.07, 6.45) is 0.473. The van der Waals surface area contributed by atoms with Crippen molar-refractivity contribution in [2.45, 2.75) is 13.3 Å². The number of hydrogen-bond donors (Lipinski definition) is 0. The van der Waals surface area contributed by atoms with E-state index in [0.29, 0.717) is 22.7 Å². The van der Waals surface area contributed by atoms with Gasteiger partial charge in [-0.05, 0) is 48.7 Å². The molecule has 0 fully saturated rings. The third-order valence-corrected chi connectivity index (χ3v) is 4.81. The van der Waals surface area contributed by atoms with Gasteiger partial charge in [-0.25, -0.2) is 4.98 Å². The fourth-order valence-corrected chi connectivity index (χ4v) is 3.39. The molecule has 0 aliphatic carbocycles. The first-order valence-corrected chi connectivity index (χ1v) is 8.43. The highest BCUT2D eigenvalue weighted by atomic mass is 35.5. The van der Waals surface area contributed by atoms with Crippen molar-refractivity contribution in [3.05, 3.63) is 75.9 Å². The number of amides is 2. The standard InChI is InChI=1S/C20H15ClN2O2/c1-12-6-7-13-11-14(18(21)22-17(13)10-12)8-9-23-19(24)15-4-2-3-5-16(15)20(23)25/h2-7,10-11H,8-9H2,1H3. The molecular weight excluding hydrogens is 336 g/mol. The molecule has 25 heavy (non-hydrogen) atoms. The number of rotatable bonds is 3. The molecule has 5 heteroatoms. The summed E-state index contributed by atoms with van der Waals surface area (Å²) in [7, 11) is 0. The largest absolute Gasteiger partial charge is 0.274 e. The average molecular weight is 351 g/mol. The van der Waals surface area contributed by atoms with Crippen molar-refractivity contribution in [1.82, 2.24) is 9.88 Å². The van der Waals surface area contributed by atoms with Crippen molar-refractivity contribution in [3.8, 4) is 0 Å². The van der Waals surface area contributed by atoms with Crippen molar-refractivity contribution in [3.63, 3.8) is 0 Å². The number of pyridine rings is 1. The summed E-state index contributed by atoms with van der Waals surface area (Å²) < 4.78 is 0. The molecule has 0 saturated heterocycles. The van der Waals surface area contributed by atoms with Gasteiger partial charge in [0.1, 0.15) is 5.15 Å². The van der Waals surface area contributed by atoms with Crippen LogP contribution in [0, 0.1) is 6.92 Å². The van der Waals surface area contributed by atoms with Crippen LogP contribution in [0.15, 0.2) is 48.5 Å². The molecule has 0 atom stereocenters. The Morgan fingerprint density at radius 3 is 2.36 bits per heavy atom. The molecule has 3 aromatic rings. The first kappa shape index (κ1) is 15.8. The molecule has 0 bridgehead atoms. The van der Waals surface area contributed by atoms with Crippen LogP contribution in [0.2, 0.25) is 5.15 Å². The predicted octanol–water partition coefficient (Wildman–Crippen LogP) is 4.04. The number of aromatic nitrogens is 1. The van der Waals surface area contributed by atoms with Crippen LogP contribution in [0.4, 0.5) is 0 Å². The molecule has 2 amide bonds. The van der Waals surface area contributed by atoms with E-state index >= 15 is 0 Å². The Morgan fingerprint density at radius 2 is 1.68 bits per heavy atom. The van der Waals surface area contributed by atoms with Crippen LogP contribution >= 0.6 is 11.6 Å². The molecular formula is C20H15ClN2O2. The van der Waals surface area contributed by atoms with E-state index in [9.17, 15) is 9.59 Å². The Kier molecular flexibility index (Phi) is 3.77. The van der Waals surface area contributed by atoms with Gasteiger partial charge in [0.15, 0.2) is 0 Å². The summed E-state index contributed by atoms with van der Waals surface area (Å²) in [6, 6.07) is 14.9. The highest BCUT2D eigenvalue weighted by Crippen LogP contribution is 2.25. The average Bonchev–Trinajstić information content (AvgIpc) is 2.85. The summed E-state index contributed by atoms with van der Waals surface area (Å²) in [5.41, 5.74) is 3.72. The highest BCUT2D eigenvalue weighted by molar-refractivity contribution is 6.30. The number of hydrogen-bond acceptors (Lipinski definition) is 3. The van der Waals surface area contributed by atoms with E-state index in [1.807, 2.05) is 31.2 Å². The van der Waals surface area contributed by atoms with Gasteiger partial charge in [0.2, 0.25) is 0 Å². The van der Waals surface area contributed by atoms with E-state index in [0.717, 1.165) is 22.0 Å². The van der Waals surface area contributed by atoms with E-state index in [-0.39, 0.29) is 18.4 Å². The van der Waals surface area contributed by atoms with Crippen molar-refractivity contribution in [1.29, 1.82) is 0 Å². The van der Waals surface area contributed by atoms with Gasteiger partial charge in [0.25, 0.3) is 11.8 Å². The zero-order valence-electron chi connectivity index (χ0n) is 13.6. The van der Waals surface area contributed by atoms with E-state index in [4.69, 9.17) is 11.6 Å². The number of aryl methyl sites for hydroxylation is 1. The van der Waals surface area contributed by atoms with E-state index in [2.05, 4.69) is 4.98 Å². The zero-order valence-corrected chi connectivity index (χ0v) is 14.4. The molecule has 2 aromatic carbocycles. The number of carbonyl (C=O) groups excluding carboxylic acids is 2. The van der Waals surface area contributed by atoms with Crippen molar-refractivity contribution >= 4 is 34.3 Å². The number of fused-ring (bicyclic) bond motifs is 2. The summed E-state index contributed by atoms with van der Waals surface area (Å²) in [6.45, 7) is 2.29. The molecule has 0 spiro atoms. The molecule has 1 aliphatic rings. The molecule has 1 aromatic heterocycles. The van der Waals surface area contributed by atoms with Crippen LogP contribution in [-0.2, 0) is 6.42 Å². The molecule has 0 saturated carbocycles. The molecule has 124 valence electrons. The molecule has 0 unspecified atom stereocenters. The second kappa shape index (κ2) is 5.97. The minimum absolute atomic E-state index is 0.249. The molecule has 2 heterocycles. The SMILES string of the molecule is Cc1ccc2cc(CCN3C(=O)c4ccccc4C3=O)c(Cl)nc2c1. The molecule has 4 nitrogen and oxygen atoms in total. The summed E-state index contributed by atoms with van der Waals surface area (Å²) in [5, 5.41) is 1.40. The van der Waals surface area contributed by atoms with Crippen LogP contribution in [0.5, 0.6) is 0 Å². The summed E-state index contributed by atoms with van der Waals surface area (Å²) in [5.74, 6) is -0.498. The number of benzene rings is 2. The van der Waals surface area contributed by atoms with Crippen molar-refractivity contribution < 1.29 is 9.59 Å². The number of imide groups is 1. The highest BCUT2D eigenvalue weighted by Gasteiger charge is 2.34. The Bertz CT molecular complexity index is 994. The number of halogens is 1. The maximum absolute atomic E-state index is 12.4. The quantitative estimate of drug-likeness (QED) is 0.529. The van der Waals surface area contributed by atoms with Crippen LogP contribution in [-0.4, -0.2) is 28.2 Å². The van der Waals surface area contributed by atoms with E-state index in [1.165, 1.54) is 4.90 Å². The molecule has 0 radical (unpaired) electrons. The minimum Gasteiger partial charge on any atom is -0.274 e. The minimum atomic E-state index is -0.249. The lowest BCUT2D eigenvalue weighted by molar-refractivity contribution is 0.0656. The van der Waals surface area contributed by atoms with Crippen LogP contribution in [0.25, 0.3) is 10.9 Å². The van der Waals surface area contributed by atoms with Gasteiger partial charge >= 0.3 is 0 Å². The van der Waals surface area contributed by atoms with Crippen molar-refractivity contribution in [2.24, 2.45) is 0 Å². The zero-order chi connectivity index (χ0) is 17.6. The fraction of sp³-hybridized carbons (Fsp3) is 0.150. The lowest BCUT2D eigenvalue weighted by Crippen LogP contribution is -2.31. The van der Waals surface area contributed by atoms with Gasteiger partial charge in [-0.15, -0.1) is 0 Å². The second-order valence-electron chi connectivity index (χ2n) is 6.19. The fourth-order valence-electron chi connectivity index (χ4n) is 3.15. The first-order chi connectivity index (χ1) is 12.0. The lowest BCUT2D eigenvalue weighted by Gasteiger charge is -2.14.